The summed E-state index contributed by atoms with van der Waals surface area (Å²) in [5.41, 5.74) is 6.86. The fourth-order valence-electron chi connectivity index (χ4n) is 3.54. The van der Waals surface area contributed by atoms with Crippen LogP contribution in [0.5, 0.6) is 0 Å². The third-order valence-electron chi connectivity index (χ3n) is 5.30. The Morgan fingerprint density at radius 2 is 1.61 bits per heavy atom. The highest BCUT2D eigenvalue weighted by Gasteiger charge is 2.14. The van der Waals surface area contributed by atoms with Crippen molar-refractivity contribution in [3.05, 3.63) is 83.4 Å². The lowest BCUT2D eigenvalue weighted by molar-refractivity contribution is 0.102. The number of nitrogens with one attached hydrogen (secondary N) is 1. The molecule has 0 aliphatic carbocycles. The number of anilines is 1. The summed E-state index contributed by atoms with van der Waals surface area (Å²) >= 11 is 0. The van der Waals surface area contributed by atoms with Crippen molar-refractivity contribution in [2.24, 2.45) is 0 Å². The number of aryl methyl sites for hydroxylation is 3. The van der Waals surface area contributed by atoms with Gasteiger partial charge in [-0.3, -0.25) is 4.79 Å². The molecule has 0 saturated heterocycles. The number of aromatic nitrogens is 5. The number of benzene rings is 2. The standard InChI is InChI=1S/C24H20N6O/c1-14-15(2)27-22-11-17(9-10-21(22)26-14)24(31)28-18-12-20-16(3)29-30(23(20)25-13-18)19-7-5-4-6-8-19/h4-13H,1-3H3,(H,28,31). The highest BCUT2D eigenvalue weighted by molar-refractivity contribution is 6.06. The van der Waals surface area contributed by atoms with Crippen molar-refractivity contribution in [1.82, 2.24) is 24.7 Å². The second kappa shape index (κ2) is 7.28. The lowest BCUT2D eigenvalue weighted by Crippen LogP contribution is -2.12. The number of rotatable bonds is 3. The molecule has 5 rings (SSSR count). The number of nitrogens with zero attached hydrogens (tertiary/aromatic N) is 5. The molecule has 0 aliphatic rings. The number of hydrogen-bond acceptors (Lipinski definition) is 5. The number of carbonyl (C=O) groups excluding carboxylic acids is 1. The summed E-state index contributed by atoms with van der Waals surface area (Å²) in [5.74, 6) is -0.226. The number of pyridine rings is 1. The van der Waals surface area contributed by atoms with Gasteiger partial charge in [0.2, 0.25) is 0 Å². The van der Waals surface area contributed by atoms with Gasteiger partial charge in [0.25, 0.3) is 5.91 Å². The largest absolute Gasteiger partial charge is 0.321 e. The molecular weight excluding hydrogens is 388 g/mol. The fraction of sp³-hybridized carbons (Fsp3) is 0.125. The quantitative estimate of drug-likeness (QED) is 0.474. The molecular formula is C24H20N6O. The Labute approximate surface area is 178 Å². The van der Waals surface area contributed by atoms with Gasteiger partial charge in [0.15, 0.2) is 5.65 Å². The van der Waals surface area contributed by atoms with Crippen molar-refractivity contribution in [2.75, 3.05) is 5.32 Å². The number of fused-ring (bicyclic) bond motifs is 2. The van der Waals surface area contributed by atoms with Crippen LogP contribution in [0.4, 0.5) is 5.69 Å². The molecule has 0 aliphatic heterocycles. The third kappa shape index (κ3) is 3.40. The summed E-state index contributed by atoms with van der Waals surface area (Å²) in [6.07, 6.45) is 1.65. The second-order valence-corrected chi connectivity index (χ2v) is 7.48. The average molecular weight is 408 g/mol. The summed E-state index contributed by atoms with van der Waals surface area (Å²) < 4.78 is 1.81. The van der Waals surface area contributed by atoms with Gasteiger partial charge in [-0.2, -0.15) is 5.10 Å². The summed E-state index contributed by atoms with van der Waals surface area (Å²) in [6, 6.07) is 17.1. The Bertz CT molecular complexity index is 1460. The highest BCUT2D eigenvalue weighted by atomic mass is 16.1. The minimum Gasteiger partial charge on any atom is -0.321 e. The van der Waals surface area contributed by atoms with Crippen molar-refractivity contribution < 1.29 is 4.79 Å². The van der Waals surface area contributed by atoms with Crippen molar-refractivity contribution >= 4 is 33.7 Å². The summed E-state index contributed by atoms with van der Waals surface area (Å²) in [4.78, 5) is 26.5. The zero-order valence-electron chi connectivity index (χ0n) is 17.4. The van der Waals surface area contributed by atoms with E-state index in [-0.39, 0.29) is 5.91 Å². The molecule has 0 spiro atoms. The van der Waals surface area contributed by atoms with Crippen LogP contribution in [0, 0.1) is 20.8 Å². The van der Waals surface area contributed by atoms with Gasteiger partial charge >= 0.3 is 0 Å². The Morgan fingerprint density at radius 3 is 2.39 bits per heavy atom. The number of amides is 1. The Balaban J connectivity index is 1.46. The van der Waals surface area contributed by atoms with Crippen LogP contribution < -0.4 is 5.32 Å². The smallest absolute Gasteiger partial charge is 0.255 e. The van der Waals surface area contributed by atoms with E-state index in [0.29, 0.717) is 16.8 Å². The molecule has 0 radical (unpaired) electrons. The topological polar surface area (TPSA) is 85.6 Å². The highest BCUT2D eigenvalue weighted by Crippen LogP contribution is 2.23. The van der Waals surface area contributed by atoms with Gasteiger partial charge in [-0.15, -0.1) is 0 Å². The van der Waals surface area contributed by atoms with Gasteiger partial charge in [-0.25, -0.2) is 19.6 Å². The first-order chi connectivity index (χ1) is 15.0. The molecule has 5 aromatic rings. The van der Waals surface area contributed by atoms with Gasteiger partial charge < -0.3 is 5.32 Å². The monoisotopic (exact) mass is 408 g/mol. The molecule has 3 aromatic heterocycles. The lowest BCUT2D eigenvalue weighted by Gasteiger charge is -2.08. The van der Waals surface area contributed by atoms with Gasteiger partial charge in [0.1, 0.15) is 0 Å². The molecule has 31 heavy (non-hydrogen) atoms. The Morgan fingerprint density at radius 1 is 0.871 bits per heavy atom. The maximum absolute atomic E-state index is 12.8. The van der Waals surface area contributed by atoms with Crippen molar-refractivity contribution in [1.29, 1.82) is 0 Å². The molecule has 0 atom stereocenters. The molecule has 7 heteroatoms. The molecule has 0 unspecified atom stereocenters. The van der Waals surface area contributed by atoms with Crippen molar-refractivity contribution in [3.63, 3.8) is 0 Å². The molecule has 0 fully saturated rings. The normalized spacial score (nSPS) is 11.2. The van der Waals surface area contributed by atoms with E-state index in [2.05, 4.69) is 25.4 Å². The number of para-hydroxylation sites is 1. The minimum absolute atomic E-state index is 0.226. The molecule has 2 aromatic carbocycles. The van der Waals surface area contributed by atoms with E-state index < -0.39 is 0 Å². The third-order valence-corrected chi connectivity index (χ3v) is 5.30. The van der Waals surface area contributed by atoms with E-state index in [4.69, 9.17) is 0 Å². The molecule has 7 nitrogen and oxygen atoms in total. The summed E-state index contributed by atoms with van der Waals surface area (Å²) in [5, 5.41) is 8.43. The van der Waals surface area contributed by atoms with Crippen LogP contribution in [0.25, 0.3) is 27.8 Å². The van der Waals surface area contributed by atoms with E-state index in [1.807, 2.05) is 67.9 Å². The van der Waals surface area contributed by atoms with Gasteiger partial charge in [-0.05, 0) is 57.2 Å². The average Bonchev–Trinajstić information content (AvgIpc) is 3.11. The Hall–Kier alpha value is -4.13. The molecule has 0 saturated carbocycles. The van der Waals surface area contributed by atoms with E-state index in [1.54, 1.807) is 18.3 Å². The molecule has 1 amide bonds. The number of hydrogen-bond donors (Lipinski definition) is 1. The van der Waals surface area contributed by atoms with Gasteiger partial charge in [0, 0.05) is 10.9 Å². The van der Waals surface area contributed by atoms with E-state index in [1.165, 1.54) is 0 Å². The van der Waals surface area contributed by atoms with E-state index >= 15 is 0 Å². The Kier molecular flexibility index (Phi) is 4.43. The zero-order valence-corrected chi connectivity index (χ0v) is 17.4. The van der Waals surface area contributed by atoms with E-state index in [9.17, 15) is 4.79 Å². The van der Waals surface area contributed by atoms with Crippen LogP contribution in [0.3, 0.4) is 0 Å². The lowest BCUT2D eigenvalue weighted by atomic mass is 10.1. The first-order valence-corrected chi connectivity index (χ1v) is 9.97. The maximum Gasteiger partial charge on any atom is 0.255 e. The molecule has 0 bridgehead atoms. The van der Waals surface area contributed by atoms with Gasteiger partial charge in [-0.1, -0.05) is 18.2 Å². The van der Waals surface area contributed by atoms with Crippen LogP contribution in [-0.4, -0.2) is 30.6 Å². The fourth-order valence-corrected chi connectivity index (χ4v) is 3.54. The van der Waals surface area contributed by atoms with Crippen LogP contribution in [0.2, 0.25) is 0 Å². The summed E-state index contributed by atoms with van der Waals surface area (Å²) in [7, 11) is 0. The molecule has 3 heterocycles. The van der Waals surface area contributed by atoms with Crippen molar-refractivity contribution in [3.8, 4) is 5.69 Å². The first kappa shape index (κ1) is 18.9. The predicted molar refractivity (Wildman–Crippen MR) is 121 cm³/mol. The minimum atomic E-state index is -0.226. The summed E-state index contributed by atoms with van der Waals surface area (Å²) in [6.45, 7) is 5.77. The van der Waals surface area contributed by atoms with E-state index in [0.717, 1.165) is 39.3 Å². The maximum atomic E-state index is 12.8. The molecule has 152 valence electrons. The zero-order chi connectivity index (χ0) is 21.5. The predicted octanol–water partition coefficient (Wildman–Crippen LogP) is 4.54. The molecule has 1 N–H and O–H groups in total. The number of carbonyl (C=O) groups is 1. The first-order valence-electron chi connectivity index (χ1n) is 9.97. The van der Waals surface area contributed by atoms with Gasteiger partial charge in [0.05, 0.1) is 45.7 Å². The van der Waals surface area contributed by atoms with Crippen molar-refractivity contribution in [2.45, 2.75) is 20.8 Å². The van der Waals surface area contributed by atoms with Crippen LogP contribution in [0.1, 0.15) is 27.4 Å². The van der Waals surface area contributed by atoms with Crippen LogP contribution in [-0.2, 0) is 0 Å². The SMILES string of the molecule is Cc1nc2ccc(C(=O)Nc3cnc4c(c3)c(C)nn4-c3ccccc3)cc2nc1C. The van der Waals surface area contributed by atoms with Crippen LogP contribution >= 0.6 is 0 Å². The second-order valence-electron chi connectivity index (χ2n) is 7.48. The van der Waals surface area contributed by atoms with Crippen LogP contribution in [0.15, 0.2) is 60.8 Å².